The number of aromatic nitrogens is 2. The molecule has 1 aromatic carbocycles. The van der Waals surface area contributed by atoms with Crippen LogP contribution in [0.3, 0.4) is 0 Å². The van der Waals surface area contributed by atoms with Crippen LogP contribution in [0.2, 0.25) is 0 Å². The van der Waals surface area contributed by atoms with Crippen molar-refractivity contribution in [3.8, 4) is 5.75 Å². The van der Waals surface area contributed by atoms with Crippen molar-refractivity contribution in [2.75, 3.05) is 13.2 Å². The van der Waals surface area contributed by atoms with Gasteiger partial charge in [-0.3, -0.25) is 9.58 Å². The maximum absolute atomic E-state index is 6.04. The lowest BCUT2D eigenvalue weighted by molar-refractivity contribution is 0.292. The predicted molar refractivity (Wildman–Crippen MR) is 90.6 cm³/mol. The first-order valence-corrected chi connectivity index (χ1v) is 8.72. The van der Waals surface area contributed by atoms with E-state index in [0.29, 0.717) is 6.04 Å². The summed E-state index contributed by atoms with van der Waals surface area (Å²) in [5.41, 5.74) is 2.74. The van der Waals surface area contributed by atoms with Crippen LogP contribution in [0.1, 0.15) is 42.7 Å². The van der Waals surface area contributed by atoms with E-state index in [1.807, 2.05) is 17.9 Å². The Morgan fingerprint density at radius 3 is 2.91 bits per heavy atom. The van der Waals surface area contributed by atoms with Crippen LogP contribution in [-0.4, -0.2) is 33.9 Å². The Kier molecular flexibility index (Phi) is 4.08. The third-order valence-corrected chi connectivity index (χ3v) is 5.10. The zero-order chi connectivity index (χ0) is 15.6. The maximum Gasteiger partial charge on any atom is 0.119 e. The van der Waals surface area contributed by atoms with Crippen LogP contribution in [0.4, 0.5) is 0 Å². The Balaban J connectivity index is 1.27. The molecule has 2 fully saturated rings. The van der Waals surface area contributed by atoms with Crippen LogP contribution < -0.4 is 4.74 Å². The molecule has 4 rings (SSSR count). The van der Waals surface area contributed by atoms with Crippen molar-refractivity contribution < 1.29 is 4.74 Å². The minimum atomic E-state index is 0.547. The highest BCUT2D eigenvalue weighted by molar-refractivity contribution is 5.31. The van der Waals surface area contributed by atoms with Crippen LogP contribution in [0, 0.1) is 0 Å². The van der Waals surface area contributed by atoms with Gasteiger partial charge in [-0.1, -0.05) is 25.0 Å². The van der Waals surface area contributed by atoms with Gasteiger partial charge in [0.25, 0.3) is 0 Å². The van der Waals surface area contributed by atoms with Crippen molar-refractivity contribution in [1.82, 2.24) is 14.7 Å². The van der Waals surface area contributed by atoms with Gasteiger partial charge in [0.2, 0.25) is 0 Å². The number of rotatable bonds is 6. The lowest BCUT2D eigenvalue weighted by Gasteiger charge is -2.12. The van der Waals surface area contributed by atoms with E-state index in [0.717, 1.165) is 31.4 Å². The second-order valence-corrected chi connectivity index (χ2v) is 6.97. The van der Waals surface area contributed by atoms with Crippen molar-refractivity contribution in [3.63, 3.8) is 0 Å². The van der Waals surface area contributed by atoms with Crippen LogP contribution in [0.25, 0.3) is 0 Å². The molecule has 0 N–H and O–H groups in total. The summed E-state index contributed by atoms with van der Waals surface area (Å²) >= 11 is 0. The van der Waals surface area contributed by atoms with E-state index in [1.54, 1.807) is 0 Å². The average Bonchev–Trinajstić information content (AvgIpc) is 2.93. The number of ether oxygens (including phenoxy) is 1. The third kappa shape index (κ3) is 3.58. The van der Waals surface area contributed by atoms with Crippen LogP contribution >= 0.6 is 0 Å². The zero-order valence-corrected chi connectivity index (χ0v) is 13.8. The van der Waals surface area contributed by atoms with E-state index < -0.39 is 0 Å². The van der Waals surface area contributed by atoms with Crippen LogP contribution in [0.5, 0.6) is 5.75 Å². The molecule has 2 aromatic rings. The fourth-order valence-electron chi connectivity index (χ4n) is 3.67. The predicted octanol–water partition coefficient (Wildman–Crippen LogP) is 3.34. The summed E-state index contributed by atoms with van der Waals surface area (Å²) in [5.74, 6) is 1.78. The molecule has 2 unspecified atom stereocenters. The molecule has 1 aliphatic carbocycles. The molecule has 4 nitrogen and oxygen atoms in total. The van der Waals surface area contributed by atoms with Gasteiger partial charge < -0.3 is 4.74 Å². The first-order valence-electron chi connectivity index (χ1n) is 8.72. The summed E-state index contributed by atoms with van der Waals surface area (Å²) in [4.78, 5) is 2.43. The number of benzene rings is 1. The van der Waals surface area contributed by atoms with E-state index in [4.69, 9.17) is 4.74 Å². The van der Waals surface area contributed by atoms with Gasteiger partial charge in [-0.2, -0.15) is 5.10 Å². The van der Waals surface area contributed by atoms with E-state index >= 15 is 0 Å². The Hall–Kier alpha value is -1.81. The maximum atomic E-state index is 6.04. The van der Waals surface area contributed by atoms with Gasteiger partial charge in [0.15, 0.2) is 0 Å². The molecule has 1 aliphatic heterocycles. The second kappa shape index (κ2) is 6.36. The summed E-state index contributed by atoms with van der Waals surface area (Å²) in [5, 5.41) is 4.22. The Bertz CT molecular complexity index is 660. The minimum Gasteiger partial charge on any atom is -0.492 e. The fraction of sp³-hybridized carbons (Fsp3) is 0.526. The van der Waals surface area contributed by atoms with Gasteiger partial charge >= 0.3 is 0 Å². The normalized spacial score (nSPS) is 24.0. The van der Waals surface area contributed by atoms with Crippen molar-refractivity contribution in [2.24, 2.45) is 7.05 Å². The van der Waals surface area contributed by atoms with Crippen molar-refractivity contribution in [1.29, 1.82) is 0 Å². The number of nitrogens with zero attached hydrogens (tertiary/aromatic N) is 3. The number of hydrogen-bond acceptors (Lipinski definition) is 3. The molecule has 1 saturated heterocycles. The zero-order valence-electron chi connectivity index (χ0n) is 13.8. The molecule has 2 aliphatic rings. The molecule has 2 heterocycles. The third-order valence-electron chi connectivity index (χ3n) is 5.10. The molecular weight excluding hydrogens is 286 g/mol. The molecule has 0 radical (unpaired) electrons. The molecule has 1 saturated carbocycles. The molecule has 1 aromatic heterocycles. The second-order valence-electron chi connectivity index (χ2n) is 6.97. The molecular formula is C19H25N3O. The van der Waals surface area contributed by atoms with Crippen LogP contribution in [0.15, 0.2) is 36.7 Å². The quantitative estimate of drug-likeness (QED) is 0.767. The molecule has 0 spiro atoms. The van der Waals surface area contributed by atoms with Gasteiger partial charge in [-0.15, -0.1) is 0 Å². The minimum absolute atomic E-state index is 0.547. The highest BCUT2D eigenvalue weighted by Gasteiger charge is 2.34. The highest BCUT2D eigenvalue weighted by atomic mass is 16.5. The van der Waals surface area contributed by atoms with E-state index in [2.05, 4.69) is 40.5 Å². The van der Waals surface area contributed by atoms with Gasteiger partial charge in [0.05, 0.1) is 12.2 Å². The van der Waals surface area contributed by atoms with E-state index in [-0.39, 0.29) is 0 Å². The topological polar surface area (TPSA) is 30.1 Å². The SMILES string of the molecule is Cn1cc(CN2CC2COc2cccc(C3CCCC3)c2)cn1. The Morgan fingerprint density at radius 2 is 2.13 bits per heavy atom. The largest absolute Gasteiger partial charge is 0.492 e. The van der Waals surface area contributed by atoms with Crippen molar-refractivity contribution in [3.05, 3.63) is 47.8 Å². The molecule has 0 amide bonds. The first-order chi connectivity index (χ1) is 11.3. The average molecular weight is 311 g/mol. The van der Waals surface area contributed by atoms with Crippen molar-refractivity contribution in [2.45, 2.75) is 44.2 Å². The number of aryl methyl sites for hydroxylation is 1. The van der Waals surface area contributed by atoms with Gasteiger partial charge in [-0.25, -0.2) is 0 Å². The fourth-order valence-corrected chi connectivity index (χ4v) is 3.67. The van der Waals surface area contributed by atoms with Gasteiger partial charge in [0.1, 0.15) is 12.4 Å². The van der Waals surface area contributed by atoms with Crippen LogP contribution in [-0.2, 0) is 13.6 Å². The Labute approximate surface area is 138 Å². The summed E-state index contributed by atoms with van der Waals surface area (Å²) in [7, 11) is 1.96. The highest BCUT2D eigenvalue weighted by Crippen LogP contribution is 2.35. The van der Waals surface area contributed by atoms with Gasteiger partial charge in [-0.05, 0) is 36.5 Å². The smallest absolute Gasteiger partial charge is 0.119 e. The Morgan fingerprint density at radius 1 is 1.26 bits per heavy atom. The lowest BCUT2D eigenvalue weighted by atomic mass is 9.98. The summed E-state index contributed by atoms with van der Waals surface area (Å²) in [6.07, 6.45) is 9.46. The van der Waals surface area contributed by atoms with E-state index in [1.165, 1.54) is 36.8 Å². The molecule has 4 heteroatoms. The molecule has 2 atom stereocenters. The standard InChI is InChI=1S/C19H25N3O/c1-21-11-15(10-20-21)12-22-13-18(22)14-23-19-8-4-7-17(9-19)16-5-2-3-6-16/h4,7-11,16,18H,2-3,5-6,12-14H2,1H3. The summed E-state index contributed by atoms with van der Waals surface area (Å²) in [6.45, 7) is 2.88. The molecule has 0 bridgehead atoms. The monoisotopic (exact) mass is 311 g/mol. The van der Waals surface area contributed by atoms with Gasteiger partial charge in [0, 0.05) is 31.9 Å². The molecule has 122 valence electrons. The summed E-state index contributed by atoms with van der Waals surface area (Å²) < 4.78 is 7.90. The molecule has 23 heavy (non-hydrogen) atoms. The van der Waals surface area contributed by atoms with Crippen molar-refractivity contribution >= 4 is 0 Å². The number of hydrogen-bond donors (Lipinski definition) is 0. The van der Waals surface area contributed by atoms with E-state index in [9.17, 15) is 0 Å². The first kappa shape index (κ1) is 14.8. The lowest BCUT2D eigenvalue weighted by Crippen LogP contribution is -2.11. The summed E-state index contributed by atoms with van der Waals surface area (Å²) in [6, 6.07) is 9.29.